The van der Waals surface area contributed by atoms with Crippen molar-refractivity contribution < 1.29 is 24.2 Å². The molecule has 0 fully saturated rings. The summed E-state index contributed by atoms with van der Waals surface area (Å²) in [5.41, 5.74) is -0.0949. The molecule has 0 aliphatic rings. The predicted octanol–water partition coefficient (Wildman–Crippen LogP) is 3.37. The van der Waals surface area contributed by atoms with E-state index in [1.807, 2.05) is 20.8 Å². The van der Waals surface area contributed by atoms with Crippen LogP contribution in [0.2, 0.25) is 0 Å². The number of aromatic nitrogens is 1. The summed E-state index contributed by atoms with van der Waals surface area (Å²) in [4.78, 5) is 41.1. The van der Waals surface area contributed by atoms with Crippen LogP contribution in [0.4, 0.5) is 0 Å². The number of amides is 1. The first kappa shape index (κ1) is 23.6. The van der Waals surface area contributed by atoms with E-state index >= 15 is 0 Å². The maximum Gasteiger partial charge on any atom is 0.355 e. The molecule has 1 heterocycles. The lowest BCUT2D eigenvalue weighted by molar-refractivity contribution is -0.148. The molecular formula is C20H28N2O5S. The van der Waals surface area contributed by atoms with E-state index in [1.54, 1.807) is 11.9 Å². The van der Waals surface area contributed by atoms with Crippen molar-refractivity contribution in [3.05, 3.63) is 16.1 Å². The van der Waals surface area contributed by atoms with Gasteiger partial charge >= 0.3 is 11.9 Å². The molecule has 0 aliphatic heterocycles. The third-order valence-corrected chi connectivity index (χ3v) is 5.53. The number of hydrogen-bond acceptors (Lipinski definition) is 6. The molecule has 1 N–H and O–H groups in total. The number of hydrogen-bond donors (Lipinski definition) is 1. The molecule has 3 atom stereocenters. The molecule has 1 aromatic rings. The molecule has 0 saturated heterocycles. The first-order valence-corrected chi connectivity index (χ1v) is 10.1. The van der Waals surface area contributed by atoms with Crippen LogP contribution in [0.25, 0.3) is 0 Å². The van der Waals surface area contributed by atoms with E-state index in [1.165, 1.54) is 12.3 Å². The maximum absolute atomic E-state index is 12.7. The zero-order valence-electron chi connectivity index (χ0n) is 17.0. The Morgan fingerprint density at radius 3 is 2.46 bits per heavy atom. The monoisotopic (exact) mass is 408 g/mol. The Labute approximate surface area is 170 Å². The number of nitrogens with zero attached hydrogens (tertiary/aromatic N) is 2. The van der Waals surface area contributed by atoms with Crippen molar-refractivity contribution in [3.8, 4) is 12.3 Å². The molecule has 0 spiro atoms. The number of thiazole rings is 1. The molecule has 28 heavy (non-hydrogen) atoms. The first-order chi connectivity index (χ1) is 13.1. The summed E-state index contributed by atoms with van der Waals surface area (Å²) >= 11 is 1.12. The van der Waals surface area contributed by atoms with Crippen LogP contribution in [-0.4, -0.2) is 45.9 Å². The number of rotatable bonds is 10. The number of carboxylic acids is 1. The largest absolute Gasteiger partial charge is 0.476 e. The third-order valence-electron chi connectivity index (χ3n) is 4.59. The molecule has 1 amide bonds. The summed E-state index contributed by atoms with van der Waals surface area (Å²) in [6.45, 7) is 7.18. The topological polar surface area (TPSA) is 96.8 Å². The predicted molar refractivity (Wildman–Crippen MR) is 107 cm³/mol. The van der Waals surface area contributed by atoms with Gasteiger partial charge < -0.3 is 14.7 Å². The van der Waals surface area contributed by atoms with Crippen molar-refractivity contribution >= 4 is 29.2 Å². The number of terminal acetylenes is 1. The van der Waals surface area contributed by atoms with Crippen molar-refractivity contribution in [2.24, 2.45) is 11.8 Å². The van der Waals surface area contributed by atoms with Gasteiger partial charge in [0, 0.05) is 44.2 Å². The highest BCUT2D eigenvalue weighted by molar-refractivity contribution is 7.09. The zero-order chi connectivity index (χ0) is 21.4. The quantitative estimate of drug-likeness (QED) is 0.471. The van der Waals surface area contributed by atoms with E-state index in [4.69, 9.17) is 16.3 Å². The minimum absolute atomic E-state index is 0.0737. The van der Waals surface area contributed by atoms with Crippen LogP contribution < -0.4 is 0 Å². The number of carbonyl (C=O) groups excluding carboxylic acids is 2. The fraction of sp³-hybridized carbons (Fsp3) is 0.600. The van der Waals surface area contributed by atoms with E-state index in [9.17, 15) is 14.4 Å². The Morgan fingerprint density at radius 1 is 1.39 bits per heavy atom. The van der Waals surface area contributed by atoms with Crippen LogP contribution in [0.3, 0.4) is 0 Å². The summed E-state index contributed by atoms with van der Waals surface area (Å²) in [6, 6.07) is -0.232. The highest BCUT2D eigenvalue weighted by Gasteiger charge is 2.31. The smallest absolute Gasteiger partial charge is 0.355 e. The molecule has 0 aromatic carbocycles. The number of ether oxygens (including phenoxy) is 1. The lowest BCUT2D eigenvalue weighted by atomic mass is 9.95. The van der Waals surface area contributed by atoms with Crippen LogP contribution in [0.15, 0.2) is 5.38 Å². The van der Waals surface area contributed by atoms with E-state index in [0.717, 1.165) is 17.8 Å². The van der Waals surface area contributed by atoms with Gasteiger partial charge in [0.2, 0.25) is 5.91 Å². The number of carbonyl (C=O) groups is 3. The van der Waals surface area contributed by atoms with Crippen LogP contribution in [-0.2, 0) is 14.3 Å². The summed E-state index contributed by atoms with van der Waals surface area (Å²) in [5.74, 6) is 0.881. The van der Waals surface area contributed by atoms with E-state index < -0.39 is 18.0 Å². The standard InChI is InChI=1S/C20H28N2O5S/c1-7-14(8-2)9-18(24)22(6)16(12(3)4)10-17(27-13(5)23)19-21-15(11-28-19)20(25)26/h1,11-12,14,16-17H,8-10H2,2-6H3,(H,25,26)/t14-,16+,17+/m0/s1. The Kier molecular flexibility index (Phi) is 9.13. The summed E-state index contributed by atoms with van der Waals surface area (Å²) in [7, 11) is 1.71. The van der Waals surface area contributed by atoms with Crippen molar-refractivity contribution in [2.45, 2.75) is 59.1 Å². The molecule has 0 aliphatic carbocycles. The van der Waals surface area contributed by atoms with E-state index in [-0.39, 0.29) is 35.9 Å². The number of aromatic carboxylic acids is 1. The van der Waals surface area contributed by atoms with Gasteiger partial charge in [-0.2, -0.15) is 0 Å². The van der Waals surface area contributed by atoms with Crippen molar-refractivity contribution in [1.82, 2.24) is 9.88 Å². The molecule has 7 nitrogen and oxygen atoms in total. The van der Waals surface area contributed by atoms with Gasteiger partial charge in [-0.05, 0) is 12.3 Å². The number of esters is 1. The van der Waals surface area contributed by atoms with Crippen LogP contribution in [0.5, 0.6) is 0 Å². The molecule has 0 unspecified atom stereocenters. The first-order valence-electron chi connectivity index (χ1n) is 9.18. The summed E-state index contributed by atoms with van der Waals surface area (Å²) in [5, 5.41) is 10.9. The fourth-order valence-corrected chi connectivity index (χ4v) is 3.72. The SMILES string of the molecule is C#C[C@@H](CC)CC(=O)N(C)[C@H](C[C@@H](OC(C)=O)c1nc(C(=O)O)cs1)C(C)C. The second-order valence-corrected chi connectivity index (χ2v) is 7.89. The van der Waals surface area contributed by atoms with Crippen molar-refractivity contribution in [1.29, 1.82) is 0 Å². The molecule has 0 radical (unpaired) electrons. The Bertz CT molecular complexity index is 737. The van der Waals surface area contributed by atoms with Crippen LogP contribution in [0, 0.1) is 24.2 Å². The van der Waals surface area contributed by atoms with Gasteiger partial charge in [0.1, 0.15) is 5.01 Å². The van der Waals surface area contributed by atoms with Gasteiger partial charge in [-0.1, -0.05) is 20.8 Å². The lowest BCUT2D eigenvalue weighted by Crippen LogP contribution is -2.42. The van der Waals surface area contributed by atoms with Crippen molar-refractivity contribution in [2.75, 3.05) is 7.05 Å². The van der Waals surface area contributed by atoms with Gasteiger partial charge in [-0.25, -0.2) is 9.78 Å². The Balaban J connectivity index is 3.05. The maximum atomic E-state index is 12.7. The lowest BCUT2D eigenvalue weighted by Gasteiger charge is -2.34. The van der Waals surface area contributed by atoms with Gasteiger partial charge in [-0.3, -0.25) is 9.59 Å². The second kappa shape index (κ2) is 10.8. The molecule has 1 aromatic heterocycles. The summed E-state index contributed by atoms with van der Waals surface area (Å²) in [6.07, 6.45) is 6.04. The molecule has 8 heteroatoms. The molecule has 0 saturated carbocycles. The Hall–Kier alpha value is -2.40. The van der Waals surface area contributed by atoms with E-state index in [2.05, 4.69) is 10.9 Å². The van der Waals surface area contributed by atoms with E-state index in [0.29, 0.717) is 11.4 Å². The van der Waals surface area contributed by atoms with Crippen LogP contribution >= 0.6 is 11.3 Å². The van der Waals surface area contributed by atoms with Crippen molar-refractivity contribution in [3.63, 3.8) is 0 Å². The third kappa shape index (κ3) is 6.64. The highest BCUT2D eigenvalue weighted by atomic mass is 32.1. The second-order valence-electron chi connectivity index (χ2n) is 7.00. The van der Waals surface area contributed by atoms with Gasteiger partial charge in [-0.15, -0.1) is 23.7 Å². The normalized spacial score (nSPS) is 14.0. The number of carboxylic acid groups (broad SMARTS) is 1. The van der Waals surface area contributed by atoms with Gasteiger partial charge in [0.15, 0.2) is 11.8 Å². The van der Waals surface area contributed by atoms with Gasteiger partial charge in [0.05, 0.1) is 0 Å². The minimum Gasteiger partial charge on any atom is -0.476 e. The average molecular weight is 409 g/mol. The average Bonchev–Trinajstić information content (AvgIpc) is 3.12. The Morgan fingerprint density at radius 2 is 2.04 bits per heavy atom. The fourth-order valence-electron chi connectivity index (χ4n) is 2.89. The highest BCUT2D eigenvalue weighted by Crippen LogP contribution is 2.30. The molecule has 0 bridgehead atoms. The minimum atomic E-state index is -1.14. The molecular weight excluding hydrogens is 380 g/mol. The summed E-state index contributed by atoms with van der Waals surface area (Å²) < 4.78 is 5.41. The van der Waals surface area contributed by atoms with Crippen LogP contribution in [0.1, 0.15) is 68.6 Å². The molecule has 1 rings (SSSR count). The van der Waals surface area contributed by atoms with Gasteiger partial charge in [0.25, 0.3) is 0 Å². The zero-order valence-corrected chi connectivity index (χ0v) is 17.8. The molecule has 154 valence electrons.